The number of carboxylic acid groups (broad SMARTS) is 1. The molecule has 17 heavy (non-hydrogen) atoms. The maximum Gasteiger partial charge on any atom is 0.325 e. The summed E-state index contributed by atoms with van der Waals surface area (Å²) < 4.78 is 3.14. The highest BCUT2D eigenvalue weighted by Gasteiger charge is 2.10. The van der Waals surface area contributed by atoms with Crippen molar-refractivity contribution in [1.82, 2.24) is 29.8 Å². The van der Waals surface area contributed by atoms with E-state index in [4.69, 9.17) is 5.11 Å². The van der Waals surface area contributed by atoms with Crippen LogP contribution in [-0.2, 0) is 24.1 Å². The molecule has 2 aromatic heterocycles. The molecule has 0 aliphatic heterocycles. The number of carboxylic acids is 1. The zero-order valence-corrected chi connectivity index (χ0v) is 9.83. The van der Waals surface area contributed by atoms with Gasteiger partial charge in [-0.15, -0.1) is 5.10 Å². The monoisotopic (exact) mass is 254 g/mol. The number of carbonyl (C=O) groups is 1. The van der Waals surface area contributed by atoms with Gasteiger partial charge < -0.3 is 9.67 Å². The van der Waals surface area contributed by atoms with E-state index in [1.807, 2.05) is 11.6 Å². The van der Waals surface area contributed by atoms with Crippen molar-refractivity contribution in [3.63, 3.8) is 0 Å². The number of nitrogens with zero attached hydrogens (tertiary/aromatic N) is 6. The summed E-state index contributed by atoms with van der Waals surface area (Å²) in [5.41, 5.74) is 1.01. The first-order chi connectivity index (χ1) is 8.16. The van der Waals surface area contributed by atoms with Gasteiger partial charge in [0.05, 0.1) is 6.33 Å². The molecule has 0 saturated heterocycles. The van der Waals surface area contributed by atoms with E-state index in [-0.39, 0.29) is 6.54 Å². The predicted molar refractivity (Wildman–Crippen MR) is 58.2 cm³/mol. The number of thioether (sulfide) groups is 1. The summed E-state index contributed by atoms with van der Waals surface area (Å²) in [5, 5.41) is 20.0. The molecule has 9 heteroatoms. The molecule has 2 rings (SSSR count). The Morgan fingerprint density at radius 2 is 2.41 bits per heavy atom. The molecule has 0 aromatic carbocycles. The normalized spacial score (nSPS) is 10.6. The molecule has 0 radical (unpaired) electrons. The molecule has 8 nitrogen and oxygen atoms in total. The minimum absolute atomic E-state index is 0.235. The first-order valence-electron chi connectivity index (χ1n) is 4.73. The molecular weight excluding hydrogens is 244 g/mol. The average Bonchev–Trinajstić information content (AvgIpc) is 2.84. The smallest absolute Gasteiger partial charge is 0.325 e. The third-order valence-corrected chi connectivity index (χ3v) is 3.04. The first-order valence-corrected chi connectivity index (χ1v) is 5.71. The molecule has 0 fully saturated rings. The van der Waals surface area contributed by atoms with E-state index in [0.29, 0.717) is 10.9 Å². The molecule has 0 bridgehead atoms. The lowest BCUT2D eigenvalue weighted by molar-refractivity contribution is -0.138. The van der Waals surface area contributed by atoms with Crippen molar-refractivity contribution in [1.29, 1.82) is 0 Å². The van der Waals surface area contributed by atoms with Gasteiger partial charge in [-0.2, -0.15) is 0 Å². The lowest BCUT2D eigenvalue weighted by atomic mass is 10.5. The highest BCUT2D eigenvalue weighted by atomic mass is 32.2. The molecule has 90 valence electrons. The van der Waals surface area contributed by atoms with Crippen LogP contribution in [0.1, 0.15) is 5.69 Å². The van der Waals surface area contributed by atoms with Crippen molar-refractivity contribution in [3.8, 4) is 0 Å². The van der Waals surface area contributed by atoms with Gasteiger partial charge in [0.2, 0.25) is 5.16 Å². The van der Waals surface area contributed by atoms with E-state index in [1.165, 1.54) is 16.4 Å². The van der Waals surface area contributed by atoms with Gasteiger partial charge in [0.25, 0.3) is 0 Å². The molecule has 0 atom stereocenters. The SMILES string of the molecule is Cn1cncc1CSc1nnnn1CC(=O)O. The van der Waals surface area contributed by atoms with Gasteiger partial charge in [-0.05, 0) is 10.4 Å². The van der Waals surface area contributed by atoms with Gasteiger partial charge in [-0.3, -0.25) is 4.79 Å². The van der Waals surface area contributed by atoms with Crippen molar-refractivity contribution in [2.45, 2.75) is 17.5 Å². The van der Waals surface area contributed by atoms with Gasteiger partial charge >= 0.3 is 5.97 Å². The van der Waals surface area contributed by atoms with E-state index in [0.717, 1.165) is 5.69 Å². The lowest BCUT2D eigenvalue weighted by Crippen LogP contribution is -2.11. The van der Waals surface area contributed by atoms with Crippen LogP contribution in [0.4, 0.5) is 0 Å². The second-order valence-corrected chi connectivity index (χ2v) is 4.24. The summed E-state index contributed by atoms with van der Waals surface area (Å²) in [6, 6.07) is 0. The van der Waals surface area contributed by atoms with Gasteiger partial charge in [-0.1, -0.05) is 11.8 Å². The fraction of sp³-hybridized carbons (Fsp3) is 0.375. The zero-order chi connectivity index (χ0) is 12.3. The number of hydrogen-bond acceptors (Lipinski definition) is 6. The van der Waals surface area contributed by atoms with Crippen LogP contribution in [0.5, 0.6) is 0 Å². The van der Waals surface area contributed by atoms with Crippen LogP contribution >= 0.6 is 11.8 Å². The van der Waals surface area contributed by atoms with Crippen LogP contribution in [0.3, 0.4) is 0 Å². The molecule has 2 heterocycles. The molecule has 0 aliphatic carbocycles. The predicted octanol–water partition coefficient (Wildman–Crippen LogP) is -0.217. The molecular formula is C8H10N6O2S. The third-order valence-electron chi connectivity index (χ3n) is 2.05. The Morgan fingerprint density at radius 1 is 1.59 bits per heavy atom. The van der Waals surface area contributed by atoms with Gasteiger partial charge in [0.15, 0.2) is 0 Å². The maximum absolute atomic E-state index is 10.6. The maximum atomic E-state index is 10.6. The van der Waals surface area contributed by atoms with Crippen LogP contribution < -0.4 is 0 Å². The fourth-order valence-corrected chi connectivity index (χ4v) is 2.09. The Bertz CT molecular complexity index is 522. The first kappa shape index (κ1) is 11.6. The minimum atomic E-state index is -0.973. The van der Waals surface area contributed by atoms with Crippen LogP contribution in [-0.4, -0.2) is 40.8 Å². The van der Waals surface area contributed by atoms with Crippen LogP contribution in [0.2, 0.25) is 0 Å². The van der Waals surface area contributed by atoms with Crippen molar-refractivity contribution >= 4 is 17.7 Å². The largest absolute Gasteiger partial charge is 0.480 e. The number of imidazole rings is 1. The number of aryl methyl sites for hydroxylation is 1. The van der Waals surface area contributed by atoms with Crippen molar-refractivity contribution in [2.24, 2.45) is 7.05 Å². The number of tetrazole rings is 1. The lowest BCUT2D eigenvalue weighted by Gasteiger charge is -2.02. The Labute approximate surface area is 101 Å². The fourth-order valence-electron chi connectivity index (χ4n) is 1.19. The highest BCUT2D eigenvalue weighted by molar-refractivity contribution is 7.98. The molecule has 1 N–H and O–H groups in total. The van der Waals surface area contributed by atoms with Crippen LogP contribution in [0.25, 0.3) is 0 Å². The van der Waals surface area contributed by atoms with Crippen molar-refractivity contribution in [2.75, 3.05) is 0 Å². The van der Waals surface area contributed by atoms with Crippen molar-refractivity contribution < 1.29 is 9.90 Å². The summed E-state index contributed by atoms with van der Waals surface area (Å²) in [6.45, 7) is -0.235. The van der Waals surface area contributed by atoms with Crippen molar-refractivity contribution in [3.05, 3.63) is 18.2 Å². The van der Waals surface area contributed by atoms with E-state index in [1.54, 1.807) is 12.5 Å². The van der Waals surface area contributed by atoms with Crippen LogP contribution in [0, 0.1) is 0 Å². The van der Waals surface area contributed by atoms with E-state index in [2.05, 4.69) is 20.5 Å². The van der Waals surface area contributed by atoms with Gasteiger partial charge in [0.1, 0.15) is 6.54 Å². The number of rotatable bonds is 5. The Balaban J connectivity index is 2.02. The Hall–Kier alpha value is -1.90. The average molecular weight is 254 g/mol. The van der Waals surface area contributed by atoms with Gasteiger partial charge in [0, 0.05) is 24.7 Å². The highest BCUT2D eigenvalue weighted by Crippen LogP contribution is 2.18. The standard InChI is InChI=1S/C8H10N6O2S/c1-13-5-9-2-6(13)4-17-8-10-11-12-14(8)3-7(15)16/h2,5H,3-4H2,1H3,(H,15,16). The molecule has 0 amide bonds. The van der Waals surface area contributed by atoms with Gasteiger partial charge in [-0.25, -0.2) is 9.67 Å². The van der Waals surface area contributed by atoms with E-state index in [9.17, 15) is 4.79 Å². The number of aromatic nitrogens is 6. The molecule has 2 aromatic rings. The van der Waals surface area contributed by atoms with Crippen LogP contribution in [0.15, 0.2) is 17.7 Å². The molecule has 0 aliphatic rings. The number of hydrogen-bond donors (Lipinski definition) is 1. The topological polar surface area (TPSA) is 98.7 Å². The Kier molecular flexibility index (Phi) is 3.38. The third kappa shape index (κ3) is 2.81. The molecule has 0 unspecified atom stereocenters. The summed E-state index contributed by atoms with van der Waals surface area (Å²) in [5.74, 6) is -0.337. The molecule has 0 saturated carbocycles. The summed E-state index contributed by atoms with van der Waals surface area (Å²) in [7, 11) is 1.89. The zero-order valence-electron chi connectivity index (χ0n) is 9.02. The number of aliphatic carboxylic acids is 1. The summed E-state index contributed by atoms with van der Waals surface area (Å²) in [4.78, 5) is 14.6. The van der Waals surface area contributed by atoms with E-state index < -0.39 is 5.97 Å². The molecule has 0 spiro atoms. The second-order valence-electron chi connectivity index (χ2n) is 3.30. The summed E-state index contributed by atoms with van der Waals surface area (Å²) in [6.07, 6.45) is 3.45. The minimum Gasteiger partial charge on any atom is -0.480 e. The quantitative estimate of drug-likeness (QED) is 0.736. The summed E-state index contributed by atoms with van der Waals surface area (Å²) >= 11 is 1.37. The van der Waals surface area contributed by atoms with E-state index >= 15 is 0 Å². The Morgan fingerprint density at radius 3 is 3.06 bits per heavy atom. The second kappa shape index (κ2) is 4.95.